The second-order valence-electron chi connectivity index (χ2n) is 7.72. The van der Waals surface area contributed by atoms with Gasteiger partial charge in [-0.05, 0) is 30.4 Å². The molecular weight excluding hydrogens is 392 g/mol. The molecule has 1 N–H and O–H groups in total. The van der Waals surface area contributed by atoms with Crippen LogP contribution in [0.1, 0.15) is 12.8 Å². The summed E-state index contributed by atoms with van der Waals surface area (Å²) < 4.78 is 3.78. The summed E-state index contributed by atoms with van der Waals surface area (Å²) in [6, 6.07) is 12.3. The maximum absolute atomic E-state index is 12.8. The molecule has 0 spiro atoms. The molecule has 1 fully saturated rings. The topological polar surface area (TPSA) is 93.8 Å². The summed E-state index contributed by atoms with van der Waals surface area (Å²) in [6.07, 6.45) is 8.50. The number of fused-ring (bicyclic) bond motifs is 1. The molecular formula is C22H24N8O. The predicted octanol–water partition coefficient (Wildman–Crippen LogP) is 2.04. The van der Waals surface area contributed by atoms with Gasteiger partial charge in [0.05, 0.1) is 5.92 Å². The molecule has 5 rings (SSSR count). The van der Waals surface area contributed by atoms with Crippen LogP contribution in [0.5, 0.6) is 0 Å². The van der Waals surface area contributed by atoms with Crippen molar-refractivity contribution in [1.29, 1.82) is 0 Å². The molecule has 1 aliphatic rings. The number of aromatic nitrogens is 6. The van der Waals surface area contributed by atoms with E-state index in [-0.39, 0.29) is 11.8 Å². The SMILES string of the molecule is O=C(NCCn1ccc2ccccc21)C1CCCN(c2cc(-n3cncn3)ncn2)C1. The molecule has 1 aliphatic heterocycles. The van der Waals surface area contributed by atoms with Gasteiger partial charge in [-0.3, -0.25) is 4.79 Å². The first-order valence-corrected chi connectivity index (χ1v) is 10.5. The molecule has 4 heterocycles. The number of hydrogen-bond acceptors (Lipinski definition) is 6. The number of rotatable bonds is 6. The fourth-order valence-electron chi connectivity index (χ4n) is 4.14. The van der Waals surface area contributed by atoms with Gasteiger partial charge in [-0.1, -0.05) is 18.2 Å². The number of hydrogen-bond donors (Lipinski definition) is 1. The van der Waals surface area contributed by atoms with Crippen molar-refractivity contribution in [1.82, 2.24) is 34.6 Å². The minimum Gasteiger partial charge on any atom is -0.356 e. The van der Waals surface area contributed by atoms with Crippen molar-refractivity contribution in [3.63, 3.8) is 0 Å². The highest BCUT2D eigenvalue weighted by atomic mass is 16.1. The fourth-order valence-corrected chi connectivity index (χ4v) is 4.14. The monoisotopic (exact) mass is 416 g/mol. The van der Waals surface area contributed by atoms with E-state index in [0.717, 1.165) is 31.7 Å². The molecule has 0 saturated carbocycles. The fraction of sp³-hybridized carbons (Fsp3) is 0.318. The zero-order valence-electron chi connectivity index (χ0n) is 17.1. The molecule has 1 atom stereocenters. The van der Waals surface area contributed by atoms with Crippen LogP contribution < -0.4 is 10.2 Å². The van der Waals surface area contributed by atoms with Gasteiger partial charge in [-0.15, -0.1) is 0 Å². The van der Waals surface area contributed by atoms with Gasteiger partial charge < -0.3 is 14.8 Å². The predicted molar refractivity (Wildman–Crippen MR) is 117 cm³/mol. The molecule has 1 unspecified atom stereocenters. The van der Waals surface area contributed by atoms with Crippen LogP contribution in [0, 0.1) is 5.92 Å². The van der Waals surface area contributed by atoms with Crippen molar-refractivity contribution in [2.24, 2.45) is 5.92 Å². The number of nitrogens with zero attached hydrogens (tertiary/aromatic N) is 7. The normalized spacial score (nSPS) is 16.5. The highest BCUT2D eigenvalue weighted by Gasteiger charge is 2.26. The third-order valence-corrected chi connectivity index (χ3v) is 5.74. The highest BCUT2D eigenvalue weighted by molar-refractivity contribution is 5.80. The number of carbonyl (C=O) groups excluding carboxylic acids is 1. The highest BCUT2D eigenvalue weighted by Crippen LogP contribution is 2.22. The van der Waals surface area contributed by atoms with Crippen LogP contribution in [0.4, 0.5) is 5.82 Å². The lowest BCUT2D eigenvalue weighted by Crippen LogP contribution is -2.44. The number of benzene rings is 1. The summed E-state index contributed by atoms with van der Waals surface area (Å²) >= 11 is 0. The molecule has 0 radical (unpaired) electrons. The lowest BCUT2D eigenvalue weighted by molar-refractivity contribution is -0.125. The third-order valence-electron chi connectivity index (χ3n) is 5.74. The van der Waals surface area contributed by atoms with Crippen molar-refractivity contribution >= 4 is 22.6 Å². The second kappa shape index (κ2) is 8.55. The third kappa shape index (κ3) is 4.11. The Morgan fingerprint density at radius 3 is 2.94 bits per heavy atom. The Balaban J connectivity index is 1.19. The molecule has 1 amide bonds. The zero-order valence-corrected chi connectivity index (χ0v) is 17.1. The summed E-state index contributed by atoms with van der Waals surface area (Å²) in [5.74, 6) is 1.51. The van der Waals surface area contributed by atoms with Crippen molar-refractivity contribution in [3.05, 3.63) is 61.6 Å². The summed E-state index contributed by atoms with van der Waals surface area (Å²) in [5, 5.41) is 8.45. The van der Waals surface area contributed by atoms with Gasteiger partial charge >= 0.3 is 0 Å². The van der Waals surface area contributed by atoms with Crippen LogP contribution in [0.3, 0.4) is 0 Å². The molecule has 9 nitrogen and oxygen atoms in total. The van der Waals surface area contributed by atoms with E-state index in [9.17, 15) is 4.79 Å². The number of amides is 1. The van der Waals surface area contributed by atoms with E-state index < -0.39 is 0 Å². The lowest BCUT2D eigenvalue weighted by atomic mass is 9.97. The lowest BCUT2D eigenvalue weighted by Gasteiger charge is -2.32. The average Bonchev–Trinajstić information content (AvgIpc) is 3.50. The van der Waals surface area contributed by atoms with Crippen molar-refractivity contribution in [2.45, 2.75) is 19.4 Å². The van der Waals surface area contributed by atoms with Crippen LogP contribution >= 0.6 is 0 Å². The summed E-state index contributed by atoms with van der Waals surface area (Å²) in [4.78, 5) is 27.6. The van der Waals surface area contributed by atoms with Crippen molar-refractivity contribution < 1.29 is 4.79 Å². The minimum absolute atomic E-state index is 0.0556. The Hall–Kier alpha value is -3.75. The van der Waals surface area contributed by atoms with Crippen LogP contribution in [0.25, 0.3) is 16.7 Å². The minimum atomic E-state index is -0.0556. The number of carbonyl (C=O) groups is 1. The average molecular weight is 416 g/mol. The van der Waals surface area contributed by atoms with Gasteiger partial charge in [0.25, 0.3) is 0 Å². The van der Waals surface area contributed by atoms with Gasteiger partial charge in [0.1, 0.15) is 24.8 Å². The molecule has 1 aromatic carbocycles. The molecule has 9 heteroatoms. The zero-order chi connectivity index (χ0) is 21.0. The molecule has 3 aromatic heterocycles. The van der Waals surface area contributed by atoms with Crippen molar-refractivity contribution in [3.8, 4) is 5.82 Å². The smallest absolute Gasteiger partial charge is 0.224 e. The van der Waals surface area contributed by atoms with Gasteiger partial charge in [0, 0.05) is 44.0 Å². The summed E-state index contributed by atoms with van der Waals surface area (Å²) in [5.41, 5.74) is 1.19. The molecule has 0 aliphatic carbocycles. The Morgan fingerprint density at radius 2 is 2.03 bits per heavy atom. The van der Waals surface area contributed by atoms with E-state index in [1.54, 1.807) is 11.0 Å². The van der Waals surface area contributed by atoms with Crippen molar-refractivity contribution in [2.75, 3.05) is 24.5 Å². The number of piperidine rings is 1. The second-order valence-corrected chi connectivity index (χ2v) is 7.72. The number of nitrogens with one attached hydrogen (secondary N) is 1. The van der Waals surface area contributed by atoms with Gasteiger partial charge in [0.15, 0.2) is 5.82 Å². The summed E-state index contributed by atoms with van der Waals surface area (Å²) in [6.45, 7) is 2.87. The Kier molecular flexibility index (Phi) is 5.30. The Bertz CT molecular complexity index is 1170. The molecule has 1 saturated heterocycles. The van der Waals surface area contributed by atoms with Gasteiger partial charge in [0.2, 0.25) is 5.91 Å². The van der Waals surface area contributed by atoms with E-state index >= 15 is 0 Å². The standard InChI is InChI=1S/C22H24N8O/c31-22(24-8-11-28-10-7-17-4-1-2-6-19(17)28)18-5-3-9-29(13-18)20-12-21(26-15-25-20)30-16-23-14-27-30/h1-2,4,6-7,10,12,14-16,18H,3,5,8-9,11,13H2,(H,24,31). The first-order chi connectivity index (χ1) is 15.3. The largest absolute Gasteiger partial charge is 0.356 e. The number of anilines is 1. The van der Waals surface area contributed by atoms with E-state index in [1.165, 1.54) is 23.6 Å². The van der Waals surface area contributed by atoms with Crippen LogP contribution in [-0.2, 0) is 11.3 Å². The molecule has 4 aromatic rings. The molecule has 0 bridgehead atoms. The van der Waals surface area contributed by atoms with Gasteiger partial charge in [-0.2, -0.15) is 5.10 Å². The number of para-hydroxylation sites is 1. The summed E-state index contributed by atoms with van der Waals surface area (Å²) in [7, 11) is 0. The quantitative estimate of drug-likeness (QED) is 0.517. The first-order valence-electron chi connectivity index (χ1n) is 10.5. The van der Waals surface area contributed by atoms with Crippen LogP contribution in [0.2, 0.25) is 0 Å². The molecule has 31 heavy (non-hydrogen) atoms. The Labute approximate surface area is 179 Å². The van der Waals surface area contributed by atoms with E-state index in [2.05, 4.69) is 59.2 Å². The van der Waals surface area contributed by atoms with Crippen LogP contribution in [-0.4, -0.2) is 54.8 Å². The first kappa shape index (κ1) is 19.2. The van der Waals surface area contributed by atoms with E-state index in [1.807, 2.05) is 18.2 Å². The maximum Gasteiger partial charge on any atom is 0.224 e. The molecule has 158 valence electrons. The Morgan fingerprint density at radius 1 is 1.13 bits per heavy atom. The van der Waals surface area contributed by atoms with Gasteiger partial charge in [-0.25, -0.2) is 19.6 Å². The maximum atomic E-state index is 12.8. The van der Waals surface area contributed by atoms with E-state index in [4.69, 9.17) is 0 Å². The van der Waals surface area contributed by atoms with Crippen LogP contribution in [0.15, 0.2) is 61.6 Å². The van der Waals surface area contributed by atoms with E-state index in [0.29, 0.717) is 18.9 Å².